The lowest BCUT2D eigenvalue weighted by Gasteiger charge is -2.12. The maximum absolute atomic E-state index is 12.6. The molecule has 0 aliphatic carbocycles. The molecule has 0 aliphatic rings. The highest BCUT2D eigenvalue weighted by Crippen LogP contribution is 2.28. The summed E-state index contributed by atoms with van der Waals surface area (Å²) < 4.78 is 11.0. The molecule has 1 aromatic carbocycles. The van der Waals surface area contributed by atoms with E-state index in [0.717, 1.165) is 23.2 Å². The van der Waals surface area contributed by atoms with Gasteiger partial charge in [-0.25, -0.2) is 0 Å². The number of aromatic nitrogens is 1. The highest BCUT2D eigenvalue weighted by molar-refractivity contribution is 6.02. The number of ether oxygens (including phenoxy) is 2. The van der Waals surface area contributed by atoms with Crippen LogP contribution in [0.15, 0.2) is 18.2 Å². The molecule has 6 nitrogen and oxygen atoms in total. The number of hydrogen-bond acceptors (Lipinski definition) is 4. The van der Waals surface area contributed by atoms with Gasteiger partial charge in [-0.1, -0.05) is 19.9 Å². The molecular formula is C21H28N2O4. The number of amides is 1. The van der Waals surface area contributed by atoms with E-state index < -0.39 is 0 Å². The number of aryl methyl sites for hydroxylation is 1. The van der Waals surface area contributed by atoms with Crippen LogP contribution in [0.2, 0.25) is 0 Å². The summed E-state index contributed by atoms with van der Waals surface area (Å²) in [5.41, 5.74) is 3.45. The van der Waals surface area contributed by atoms with Gasteiger partial charge in [0.2, 0.25) is 0 Å². The van der Waals surface area contributed by atoms with Crippen molar-refractivity contribution in [2.45, 2.75) is 47.1 Å². The third-order valence-corrected chi connectivity index (χ3v) is 4.37. The van der Waals surface area contributed by atoms with Crippen molar-refractivity contribution in [1.29, 1.82) is 0 Å². The lowest BCUT2D eigenvalue weighted by atomic mass is 10.0. The summed E-state index contributed by atoms with van der Waals surface area (Å²) in [7, 11) is 1.59. The minimum absolute atomic E-state index is 0.0351. The standard InChI is InChI=1S/C21H28N2O4/c1-6-10-27-17-9-8-15(11-18(17)26-5)12-22-21(25)20-16(7-2)19(14(4)24)13(3)23-20/h8-9,11,23H,6-7,10,12H2,1-5H3,(H,22,25). The Kier molecular flexibility index (Phi) is 7.05. The van der Waals surface area contributed by atoms with Crippen molar-refractivity contribution in [3.05, 3.63) is 46.3 Å². The molecule has 6 heteroatoms. The van der Waals surface area contributed by atoms with Crippen LogP contribution in [-0.4, -0.2) is 30.4 Å². The van der Waals surface area contributed by atoms with Crippen molar-refractivity contribution in [3.63, 3.8) is 0 Å². The molecule has 146 valence electrons. The van der Waals surface area contributed by atoms with E-state index in [1.54, 1.807) is 7.11 Å². The fourth-order valence-corrected chi connectivity index (χ4v) is 3.12. The number of methoxy groups -OCH3 is 1. The van der Waals surface area contributed by atoms with Gasteiger partial charge in [-0.3, -0.25) is 9.59 Å². The summed E-state index contributed by atoms with van der Waals surface area (Å²) in [5.74, 6) is 1.06. The number of H-pyrrole nitrogens is 1. The molecule has 0 aliphatic heterocycles. The Bertz CT molecular complexity index is 824. The van der Waals surface area contributed by atoms with E-state index in [1.807, 2.05) is 39.0 Å². The van der Waals surface area contributed by atoms with Crippen molar-refractivity contribution in [2.75, 3.05) is 13.7 Å². The van der Waals surface area contributed by atoms with Crippen molar-refractivity contribution in [2.24, 2.45) is 0 Å². The molecule has 27 heavy (non-hydrogen) atoms. The van der Waals surface area contributed by atoms with E-state index in [1.165, 1.54) is 6.92 Å². The first-order chi connectivity index (χ1) is 12.9. The fourth-order valence-electron chi connectivity index (χ4n) is 3.12. The number of carbonyl (C=O) groups excluding carboxylic acids is 2. The molecule has 2 N–H and O–H groups in total. The Morgan fingerprint density at radius 3 is 2.52 bits per heavy atom. The highest BCUT2D eigenvalue weighted by Gasteiger charge is 2.21. The van der Waals surface area contributed by atoms with Gasteiger partial charge in [0.15, 0.2) is 17.3 Å². The predicted octanol–water partition coefficient (Wildman–Crippen LogP) is 3.82. The van der Waals surface area contributed by atoms with Gasteiger partial charge in [0, 0.05) is 17.8 Å². The zero-order chi connectivity index (χ0) is 20.0. The summed E-state index contributed by atoms with van der Waals surface area (Å²) in [4.78, 5) is 27.6. The topological polar surface area (TPSA) is 80.4 Å². The number of carbonyl (C=O) groups is 2. The molecular weight excluding hydrogens is 344 g/mol. The summed E-state index contributed by atoms with van der Waals surface area (Å²) in [6.07, 6.45) is 1.53. The SMILES string of the molecule is CCCOc1ccc(CNC(=O)c2[nH]c(C)c(C(C)=O)c2CC)cc1OC. The van der Waals surface area contributed by atoms with Gasteiger partial charge >= 0.3 is 0 Å². The van der Waals surface area contributed by atoms with Gasteiger partial charge in [0.05, 0.1) is 13.7 Å². The number of hydrogen-bond donors (Lipinski definition) is 2. The summed E-state index contributed by atoms with van der Waals surface area (Å²) >= 11 is 0. The molecule has 0 unspecified atom stereocenters. The van der Waals surface area contributed by atoms with Crippen molar-refractivity contribution in [3.8, 4) is 11.5 Å². The first-order valence-electron chi connectivity index (χ1n) is 9.23. The molecule has 1 heterocycles. The Morgan fingerprint density at radius 1 is 1.19 bits per heavy atom. The molecule has 0 atom stereocenters. The van der Waals surface area contributed by atoms with Crippen LogP contribution in [0.25, 0.3) is 0 Å². The number of ketones is 1. The molecule has 0 saturated heterocycles. The van der Waals surface area contributed by atoms with Gasteiger partial charge in [0.25, 0.3) is 5.91 Å². The molecule has 0 fully saturated rings. The maximum atomic E-state index is 12.6. The van der Waals surface area contributed by atoms with Crippen LogP contribution in [0.1, 0.15) is 64.9 Å². The van der Waals surface area contributed by atoms with Gasteiger partial charge in [-0.2, -0.15) is 0 Å². The highest BCUT2D eigenvalue weighted by atomic mass is 16.5. The third kappa shape index (κ3) is 4.70. The largest absolute Gasteiger partial charge is 0.493 e. The number of benzene rings is 1. The quantitative estimate of drug-likeness (QED) is 0.656. The summed E-state index contributed by atoms with van der Waals surface area (Å²) in [6.45, 7) is 8.28. The second kappa shape index (κ2) is 9.26. The zero-order valence-corrected chi connectivity index (χ0v) is 16.7. The molecule has 2 rings (SSSR count). The van der Waals surface area contributed by atoms with Gasteiger partial charge in [-0.15, -0.1) is 0 Å². The molecule has 2 aromatic rings. The van der Waals surface area contributed by atoms with Crippen LogP contribution in [-0.2, 0) is 13.0 Å². The monoisotopic (exact) mass is 372 g/mol. The normalized spacial score (nSPS) is 10.6. The van der Waals surface area contributed by atoms with Crippen LogP contribution >= 0.6 is 0 Å². The van der Waals surface area contributed by atoms with Crippen molar-refractivity contribution >= 4 is 11.7 Å². The van der Waals surface area contributed by atoms with E-state index >= 15 is 0 Å². The number of rotatable bonds is 9. The second-order valence-electron chi connectivity index (χ2n) is 6.40. The van der Waals surface area contributed by atoms with Crippen LogP contribution in [0, 0.1) is 6.92 Å². The molecule has 0 radical (unpaired) electrons. The lowest BCUT2D eigenvalue weighted by Crippen LogP contribution is -2.24. The van der Waals surface area contributed by atoms with E-state index in [9.17, 15) is 9.59 Å². The van der Waals surface area contributed by atoms with Crippen molar-refractivity contribution < 1.29 is 19.1 Å². The number of Topliss-reactive ketones (excluding diaryl/α,β-unsaturated/α-hetero) is 1. The fraction of sp³-hybridized carbons (Fsp3) is 0.429. The molecule has 1 aromatic heterocycles. The molecule has 1 amide bonds. The van der Waals surface area contributed by atoms with Crippen LogP contribution in [0.5, 0.6) is 11.5 Å². The molecule has 0 saturated carbocycles. The van der Waals surface area contributed by atoms with Gasteiger partial charge in [0.1, 0.15) is 5.69 Å². The van der Waals surface area contributed by atoms with Crippen molar-refractivity contribution in [1.82, 2.24) is 10.3 Å². The smallest absolute Gasteiger partial charge is 0.268 e. The average Bonchev–Trinajstić information content (AvgIpc) is 3.01. The first kappa shape index (κ1) is 20.6. The van der Waals surface area contributed by atoms with Gasteiger partial charge in [-0.05, 0) is 49.9 Å². The average molecular weight is 372 g/mol. The number of nitrogens with one attached hydrogen (secondary N) is 2. The summed E-state index contributed by atoms with van der Waals surface area (Å²) in [6, 6.07) is 5.60. The summed E-state index contributed by atoms with van der Waals surface area (Å²) in [5, 5.41) is 2.91. The van der Waals surface area contributed by atoms with Crippen LogP contribution in [0.3, 0.4) is 0 Å². The van der Waals surface area contributed by atoms with E-state index in [-0.39, 0.29) is 11.7 Å². The third-order valence-electron chi connectivity index (χ3n) is 4.37. The molecule has 0 spiro atoms. The second-order valence-corrected chi connectivity index (χ2v) is 6.40. The Hall–Kier alpha value is -2.76. The Labute approximate surface area is 160 Å². The Morgan fingerprint density at radius 2 is 1.93 bits per heavy atom. The maximum Gasteiger partial charge on any atom is 0.268 e. The lowest BCUT2D eigenvalue weighted by molar-refractivity contribution is 0.0945. The van der Waals surface area contributed by atoms with Crippen LogP contribution < -0.4 is 14.8 Å². The first-order valence-corrected chi connectivity index (χ1v) is 9.23. The predicted molar refractivity (Wildman–Crippen MR) is 105 cm³/mol. The van der Waals surface area contributed by atoms with Gasteiger partial charge < -0.3 is 19.8 Å². The minimum atomic E-state index is -0.229. The zero-order valence-electron chi connectivity index (χ0n) is 16.7. The molecule has 0 bridgehead atoms. The minimum Gasteiger partial charge on any atom is -0.493 e. The van der Waals surface area contributed by atoms with E-state index in [2.05, 4.69) is 10.3 Å². The Balaban J connectivity index is 2.14. The van der Waals surface area contributed by atoms with E-state index in [0.29, 0.717) is 42.3 Å². The number of aromatic amines is 1. The van der Waals surface area contributed by atoms with E-state index in [4.69, 9.17) is 9.47 Å². The van der Waals surface area contributed by atoms with Crippen LogP contribution in [0.4, 0.5) is 0 Å².